The van der Waals surface area contributed by atoms with E-state index in [4.69, 9.17) is 0 Å². The average molecular weight is 470 g/mol. The van der Waals surface area contributed by atoms with Crippen molar-refractivity contribution in [3.05, 3.63) is 98.8 Å². The normalized spacial score (nSPS) is 11.9. The highest BCUT2D eigenvalue weighted by Crippen LogP contribution is 2.26. The molecule has 3 aromatic carbocycles. The number of nitrogens with one attached hydrogen (secondary N) is 1. The maximum atomic E-state index is 12.4. The summed E-state index contributed by atoms with van der Waals surface area (Å²) in [4.78, 5) is 21.3. The molecule has 1 aromatic heterocycles. The van der Waals surface area contributed by atoms with Crippen LogP contribution in [-0.2, 0) is 13.1 Å². The number of benzene rings is 3. The third-order valence-electron chi connectivity index (χ3n) is 5.55. The largest absolute Gasteiger partial charge is 0.504 e. The van der Waals surface area contributed by atoms with E-state index in [2.05, 4.69) is 39.1 Å². The fraction of sp³-hybridized carbons (Fsp3) is 0.143. The lowest BCUT2D eigenvalue weighted by Crippen LogP contribution is -2.10. The van der Waals surface area contributed by atoms with Gasteiger partial charge in [0.1, 0.15) is 0 Å². The van der Waals surface area contributed by atoms with Gasteiger partial charge in [0, 0.05) is 23.5 Å². The minimum Gasteiger partial charge on any atom is -0.504 e. The molecule has 0 fully saturated rings. The molecule has 0 radical (unpaired) electrons. The number of fused-ring (bicyclic) bond motifs is 1. The summed E-state index contributed by atoms with van der Waals surface area (Å²) in [5, 5.41) is 30.5. The zero-order valence-electron chi connectivity index (χ0n) is 19.6. The lowest BCUT2D eigenvalue weighted by Gasteiger charge is -2.09. The van der Waals surface area contributed by atoms with E-state index < -0.39 is 0 Å². The first kappa shape index (κ1) is 23.8. The molecule has 178 valence electrons. The number of aromatic hydroxyl groups is 3. The van der Waals surface area contributed by atoms with Gasteiger partial charge in [-0.2, -0.15) is 0 Å². The molecule has 4 aromatic rings. The van der Waals surface area contributed by atoms with E-state index in [1.807, 2.05) is 38.4 Å². The number of pyridine rings is 1. The molecule has 4 N–H and O–H groups in total. The van der Waals surface area contributed by atoms with E-state index in [9.17, 15) is 20.1 Å². The summed E-state index contributed by atoms with van der Waals surface area (Å²) >= 11 is 0. The molecule has 7 heteroatoms. The van der Waals surface area contributed by atoms with Crippen LogP contribution in [-0.4, -0.2) is 45.5 Å². The number of phenolic OH excluding ortho intramolecular Hbond substituents is 2. The first-order valence-corrected chi connectivity index (χ1v) is 11.1. The number of H-pyrrole nitrogens is 1. The van der Waals surface area contributed by atoms with Gasteiger partial charge in [0.05, 0.1) is 12.1 Å². The summed E-state index contributed by atoms with van der Waals surface area (Å²) in [6, 6.07) is 18.2. The maximum Gasteiger partial charge on any atom is 0.258 e. The van der Waals surface area contributed by atoms with Crippen LogP contribution < -0.4 is 5.56 Å². The third kappa shape index (κ3) is 5.77. The van der Waals surface area contributed by atoms with Crippen LogP contribution >= 0.6 is 0 Å². The molecule has 4 rings (SSSR count). The Kier molecular flexibility index (Phi) is 6.98. The van der Waals surface area contributed by atoms with Crippen LogP contribution in [0.25, 0.3) is 22.9 Å². The summed E-state index contributed by atoms with van der Waals surface area (Å²) in [6.07, 6.45) is 5.45. The second-order valence-electron chi connectivity index (χ2n) is 8.63. The van der Waals surface area contributed by atoms with Crippen molar-refractivity contribution in [2.45, 2.75) is 13.1 Å². The van der Waals surface area contributed by atoms with Crippen LogP contribution in [0.5, 0.6) is 17.4 Å². The summed E-state index contributed by atoms with van der Waals surface area (Å²) < 4.78 is 0. The Morgan fingerprint density at radius 3 is 2.23 bits per heavy atom. The summed E-state index contributed by atoms with van der Waals surface area (Å²) in [7, 11) is 4.07. The highest BCUT2D eigenvalue weighted by atomic mass is 16.3. The number of hydrogen-bond acceptors (Lipinski definition) is 6. The molecule has 0 unspecified atom stereocenters. The number of phenols is 2. The molecule has 0 aliphatic carbocycles. The quantitative estimate of drug-likeness (QED) is 0.181. The van der Waals surface area contributed by atoms with Crippen LogP contribution in [0.4, 0.5) is 0 Å². The third-order valence-corrected chi connectivity index (χ3v) is 5.55. The van der Waals surface area contributed by atoms with Crippen molar-refractivity contribution in [2.75, 3.05) is 14.1 Å². The van der Waals surface area contributed by atoms with Crippen LogP contribution in [0, 0.1) is 0 Å². The van der Waals surface area contributed by atoms with Crippen molar-refractivity contribution in [1.82, 2.24) is 9.88 Å². The van der Waals surface area contributed by atoms with Gasteiger partial charge in [-0.05, 0) is 60.6 Å². The van der Waals surface area contributed by atoms with Crippen molar-refractivity contribution >= 4 is 29.1 Å². The molecule has 35 heavy (non-hydrogen) atoms. The Bertz CT molecular complexity index is 1470. The highest BCUT2D eigenvalue weighted by molar-refractivity contribution is 6.02. The number of aromatic nitrogens is 1. The fourth-order valence-corrected chi connectivity index (χ4v) is 3.79. The molecule has 0 bridgehead atoms. The van der Waals surface area contributed by atoms with Crippen LogP contribution in [0.3, 0.4) is 0 Å². The van der Waals surface area contributed by atoms with Gasteiger partial charge in [0.15, 0.2) is 11.5 Å². The van der Waals surface area contributed by atoms with Crippen LogP contribution in [0.1, 0.15) is 27.8 Å². The van der Waals surface area contributed by atoms with Gasteiger partial charge in [0.25, 0.3) is 5.56 Å². The van der Waals surface area contributed by atoms with Gasteiger partial charge in [-0.25, -0.2) is 0 Å². The average Bonchev–Trinajstić information content (AvgIpc) is 2.82. The van der Waals surface area contributed by atoms with E-state index in [1.165, 1.54) is 23.9 Å². The smallest absolute Gasteiger partial charge is 0.258 e. The molecule has 1 heterocycles. The minimum absolute atomic E-state index is 0.202. The van der Waals surface area contributed by atoms with Crippen LogP contribution in [0.15, 0.2) is 70.5 Å². The van der Waals surface area contributed by atoms with Gasteiger partial charge >= 0.3 is 0 Å². The van der Waals surface area contributed by atoms with Crippen molar-refractivity contribution < 1.29 is 15.3 Å². The predicted molar refractivity (Wildman–Crippen MR) is 140 cm³/mol. The van der Waals surface area contributed by atoms with E-state index in [0.717, 1.165) is 17.7 Å². The van der Waals surface area contributed by atoms with E-state index >= 15 is 0 Å². The second-order valence-corrected chi connectivity index (χ2v) is 8.63. The fourth-order valence-electron chi connectivity index (χ4n) is 3.79. The Morgan fingerprint density at radius 2 is 1.51 bits per heavy atom. The number of aliphatic imine (C=N–C) groups is 1. The van der Waals surface area contributed by atoms with Gasteiger partial charge in [-0.15, -0.1) is 0 Å². The molecule has 0 amide bonds. The Balaban J connectivity index is 1.61. The molecule has 7 nitrogen and oxygen atoms in total. The van der Waals surface area contributed by atoms with E-state index in [0.29, 0.717) is 21.9 Å². The van der Waals surface area contributed by atoms with Crippen molar-refractivity contribution in [3.63, 3.8) is 0 Å². The Labute approximate surface area is 203 Å². The molecule has 0 saturated carbocycles. The Morgan fingerprint density at radius 1 is 0.829 bits per heavy atom. The molecular formula is C28H27N3O4. The number of aromatic amines is 1. The first-order valence-electron chi connectivity index (χ1n) is 11.1. The second kappa shape index (κ2) is 10.3. The van der Waals surface area contributed by atoms with Crippen LogP contribution in [0.2, 0.25) is 0 Å². The lowest BCUT2D eigenvalue weighted by molar-refractivity contribution is 0.402. The molecule has 0 aliphatic heterocycles. The molecule has 0 spiro atoms. The summed E-state index contributed by atoms with van der Waals surface area (Å²) in [6.45, 7) is 1.10. The predicted octanol–water partition coefficient (Wildman–Crippen LogP) is 4.50. The topological polar surface area (TPSA) is 109 Å². The minimum atomic E-state index is -0.384. The Hall–Kier alpha value is -4.36. The summed E-state index contributed by atoms with van der Waals surface area (Å²) in [5.74, 6) is -0.691. The maximum absolute atomic E-state index is 12.4. The van der Waals surface area contributed by atoms with Gasteiger partial charge in [-0.1, -0.05) is 48.6 Å². The van der Waals surface area contributed by atoms with Gasteiger partial charge < -0.3 is 20.2 Å². The lowest BCUT2D eigenvalue weighted by atomic mass is 10.0. The van der Waals surface area contributed by atoms with Crippen molar-refractivity contribution in [2.24, 2.45) is 4.99 Å². The van der Waals surface area contributed by atoms with E-state index in [-0.39, 0.29) is 29.5 Å². The molecule has 0 saturated heterocycles. The standard InChI is InChI=1S/C28H27N3O4/c1-31(2)17-20-7-4-18(5-8-20)3-6-19-9-11-22-23(13-19)24(28(35)30-27(22)34)16-29-15-21-10-12-25(32)26(33)14-21/h3-14,16,32-33H,15,17H2,1-2H3,(H2,30,34,35). The van der Waals surface area contributed by atoms with Crippen molar-refractivity contribution in [3.8, 4) is 17.4 Å². The van der Waals surface area contributed by atoms with Gasteiger partial charge in [0.2, 0.25) is 5.88 Å². The molecular weight excluding hydrogens is 442 g/mol. The monoisotopic (exact) mass is 469 g/mol. The number of hydrogen-bond donors (Lipinski definition) is 4. The number of nitrogens with zero attached hydrogens (tertiary/aromatic N) is 2. The first-order chi connectivity index (χ1) is 16.8. The van der Waals surface area contributed by atoms with E-state index in [1.54, 1.807) is 12.1 Å². The summed E-state index contributed by atoms with van der Waals surface area (Å²) in [5.41, 5.74) is 3.86. The highest BCUT2D eigenvalue weighted by Gasteiger charge is 2.10. The SMILES string of the molecule is CN(C)Cc1ccc(C=Cc2ccc3c(=O)[nH]c(O)c(C=NCc4ccc(O)c(O)c4)c3c2)cc1. The number of rotatable bonds is 7. The van der Waals surface area contributed by atoms with Crippen molar-refractivity contribution in [1.29, 1.82) is 0 Å². The van der Waals surface area contributed by atoms with Gasteiger partial charge in [-0.3, -0.25) is 14.8 Å². The zero-order valence-corrected chi connectivity index (χ0v) is 19.6. The molecule has 0 aliphatic rings. The zero-order chi connectivity index (χ0) is 24.9. The molecule has 0 atom stereocenters.